The molecule has 0 saturated carbocycles. The SMILES string of the molecule is CCOC(=O)c1c(-c2ccccc2)c2cc([N+](=O)[O-])ccc2[nH]c1=O. The lowest BCUT2D eigenvalue weighted by atomic mass is 9.96. The van der Waals surface area contributed by atoms with Gasteiger partial charge in [-0.2, -0.15) is 0 Å². The summed E-state index contributed by atoms with van der Waals surface area (Å²) in [4.78, 5) is 38.0. The summed E-state index contributed by atoms with van der Waals surface area (Å²) in [6.45, 7) is 1.75. The number of rotatable bonds is 4. The number of hydrogen-bond donors (Lipinski definition) is 1. The fourth-order valence-corrected chi connectivity index (χ4v) is 2.70. The van der Waals surface area contributed by atoms with Gasteiger partial charge in [0.2, 0.25) is 0 Å². The van der Waals surface area contributed by atoms with Crippen molar-refractivity contribution in [2.24, 2.45) is 0 Å². The van der Waals surface area contributed by atoms with E-state index in [2.05, 4.69) is 4.98 Å². The van der Waals surface area contributed by atoms with Crippen LogP contribution in [-0.4, -0.2) is 22.5 Å². The number of non-ortho nitro benzene ring substituents is 1. The lowest BCUT2D eigenvalue weighted by Crippen LogP contribution is -2.21. The van der Waals surface area contributed by atoms with Crippen LogP contribution in [0.3, 0.4) is 0 Å². The van der Waals surface area contributed by atoms with Gasteiger partial charge in [0.15, 0.2) is 0 Å². The van der Waals surface area contributed by atoms with E-state index < -0.39 is 16.5 Å². The first-order valence-electron chi connectivity index (χ1n) is 7.60. The molecule has 2 aromatic carbocycles. The molecule has 3 aromatic rings. The number of aromatic nitrogens is 1. The van der Waals surface area contributed by atoms with Crippen LogP contribution in [0.4, 0.5) is 5.69 Å². The molecule has 0 bridgehead atoms. The van der Waals surface area contributed by atoms with E-state index in [-0.39, 0.29) is 17.9 Å². The number of H-pyrrole nitrogens is 1. The Labute approximate surface area is 142 Å². The van der Waals surface area contributed by atoms with Gasteiger partial charge in [0.25, 0.3) is 11.2 Å². The first kappa shape index (κ1) is 16.4. The average molecular weight is 338 g/mol. The first-order valence-corrected chi connectivity index (χ1v) is 7.60. The predicted molar refractivity (Wildman–Crippen MR) is 92.6 cm³/mol. The molecule has 3 rings (SSSR count). The van der Waals surface area contributed by atoms with E-state index >= 15 is 0 Å². The molecule has 0 aliphatic heterocycles. The Bertz CT molecular complexity index is 1020. The van der Waals surface area contributed by atoms with E-state index in [1.807, 2.05) is 0 Å². The zero-order valence-corrected chi connectivity index (χ0v) is 13.3. The number of nitrogens with zero attached hydrogens (tertiary/aromatic N) is 1. The lowest BCUT2D eigenvalue weighted by molar-refractivity contribution is -0.384. The molecule has 7 heteroatoms. The number of pyridine rings is 1. The highest BCUT2D eigenvalue weighted by Crippen LogP contribution is 2.32. The van der Waals surface area contributed by atoms with Crippen molar-refractivity contribution >= 4 is 22.6 Å². The van der Waals surface area contributed by atoms with Gasteiger partial charge in [-0.3, -0.25) is 14.9 Å². The summed E-state index contributed by atoms with van der Waals surface area (Å²) in [5, 5.41) is 11.5. The second kappa shape index (κ2) is 6.56. The van der Waals surface area contributed by atoms with Crippen molar-refractivity contribution < 1.29 is 14.5 Å². The summed E-state index contributed by atoms with van der Waals surface area (Å²) in [6, 6.07) is 12.9. The Kier molecular flexibility index (Phi) is 4.30. The number of esters is 1. The van der Waals surface area contributed by atoms with Crippen LogP contribution in [-0.2, 0) is 4.74 Å². The van der Waals surface area contributed by atoms with Crippen LogP contribution in [0.5, 0.6) is 0 Å². The van der Waals surface area contributed by atoms with Crippen LogP contribution in [0.2, 0.25) is 0 Å². The molecular weight excluding hydrogens is 324 g/mol. The summed E-state index contributed by atoms with van der Waals surface area (Å²) >= 11 is 0. The van der Waals surface area contributed by atoms with Crippen molar-refractivity contribution in [1.29, 1.82) is 0 Å². The molecule has 0 atom stereocenters. The monoisotopic (exact) mass is 338 g/mol. The van der Waals surface area contributed by atoms with Gasteiger partial charge >= 0.3 is 5.97 Å². The maximum Gasteiger partial charge on any atom is 0.344 e. The molecule has 0 fully saturated rings. The van der Waals surface area contributed by atoms with Crippen LogP contribution in [0, 0.1) is 10.1 Å². The van der Waals surface area contributed by atoms with E-state index in [0.717, 1.165) is 0 Å². The number of carbonyl (C=O) groups excluding carboxylic acids is 1. The molecular formula is C18H14N2O5. The molecule has 1 N–H and O–H groups in total. The number of nitrogens with one attached hydrogen (secondary N) is 1. The van der Waals surface area contributed by atoms with Gasteiger partial charge in [0.1, 0.15) is 5.56 Å². The number of ether oxygens (including phenoxy) is 1. The molecule has 1 aromatic heterocycles. The average Bonchev–Trinajstić information content (AvgIpc) is 2.61. The molecule has 0 saturated heterocycles. The molecule has 0 amide bonds. The zero-order valence-electron chi connectivity index (χ0n) is 13.3. The van der Waals surface area contributed by atoms with Crippen molar-refractivity contribution in [3.63, 3.8) is 0 Å². The second-order valence-corrected chi connectivity index (χ2v) is 5.28. The molecule has 0 aliphatic carbocycles. The first-order chi connectivity index (χ1) is 12.0. The largest absolute Gasteiger partial charge is 0.462 e. The van der Waals surface area contributed by atoms with Gasteiger partial charge in [0.05, 0.1) is 11.5 Å². The fourth-order valence-electron chi connectivity index (χ4n) is 2.70. The molecule has 0 unspecified atom stereocenters. The Balaban J connectivity index is 2.44. The number of carbonyl (C=O) groups is 1. The molecule has 126 valence electrons. The number of hydrogen-bond acceptors (Lipinski definition) is 5. The number of benzene rings is 2. The molecule has 0 spiro atoms. The number of aromatic amines is 1. The third-order valence-corrected chi connectivity index (χ3v) is 3.75. The van der Waals surface area contributed by atoms with Gasteiger partial charge in [-0.1, -0.05) is 30.3 Å². The van der Waals surface area contributed by atoms with Crippen LogP contribution in [0.1, 0.15) is 17.3 Å². The maximum atomic E-state index is 12.5. The maximum absolute atomic E-state index is 12.5. The Morgan fingerprint density at radius 2 is 1.92 bits per heavy atom. The highest BCUT2D eigenvalue weighted by molar-refractivity contribution is 6.07. The summed E-state index contributed by atoms with van der Waals surface area (Å²) in [5.41, 5.74) is 0.428. The molecule has 25 heavy (non-hydrogen) atoms. The lowest BCUT2D eigenvalue weighted by Gasteiger charge is -2.12. The highest BCUT2D eigenvalue weighted by atomic mass is 16.6. The van der Waals surface area contributed by atoms with E-state index in [0.29, 0.717) is 22.0 Å². The molecule has 1 heterocycles. The minimum Gasteiger partial charge on any atom is -0.462 e. The molecule has 7 nitrogen and oxygen atoms in total. The molecule has 0 aliphatic rings. The summed E-state index contributed by atoms with van der Waals surface area (Å²) in [7, 11) is 0. The van der Waals surface area contributed by atoms with Gasteiger partial charge in [-0.05, 0) is 18.6 Å². The highest BCUT2D eigenvalue weighted by Gasteiger charge is 2.23. The number of nitro benzene ring substituents is 1. The summed E-state index contributed by atoms with van der Waals surface area (Å²) in [5.74, 6) is -0.768. The second-order valence-electron chi connectivity index (χ2n) is 5.28. The van der Waals surface area contributed by atoms with Crippen molar-refractivity contribution in [1.82, 2.24) is 4.98 Å². The number of fused-ring (bicyclic) bond motifs is 1. The van der Waals surface area contributed by atoms with Crippen LogP contribution in [0.25, 0.3) is 22.0 Å². The van der Waals surface area contributed by atoms with Gasteiger partial charge in [-0.15, -0.1) is 0 Å². The van der Waals surface area contributed by atoms with Gasteiger partial charge in [0, 0.05) is 28.6 Å². The van der Waals surface area contributed by atoms with Gasteiger partial charge < -0.3 is 9.72 Å². The minimum absolute atomic E-state index is 0.111. The predicted octanol–water partition coefficient (Wildman–Crippen LogP) is 3.28. The zero-order chi connectivity index (χ0) is 18.0. The standard InChI is InChI=1S/C18H14N2O5/c1-2-25-18(22)16-15(11-6-4-3-5-7-11)13-10-12(20(23)24)8-9-14(13)19-17(16)21/h3-10H,2H2,1H3,(H,19,21). The minimum atomic E-state index is -0.768. The van der Waals surface area contributed by atoms with E-state index in [4.69, 9.17) is 4.74 Å². The van der Waals surface area contributed by atoms with Crippen LogP contribution >= 0.6 is 0 Å². The van der Waals surface area contributed by atoms with Crippen molar-refractivity contribution in [3.05, 3.63) is 74.6 Å². The molecule has 0 radical (unpaired) electrons. The quantitative estimate of drug-likeness (QED) is 0.447. The van der Waals surface area contributed by atoms with E-state index in [1.165, 1.54) is 18.2 Å². The van der Waals surface area contributed by atoms with Crippen molar-refractivity contribution in [2.45, 2.75) is 6.92 Å². The van der Waals surface area contributed by atoms with Crippen molar-refractivity contribution in [2.75, 3.05) is 6.61 Å². The number of nitro groups is 1. The third-order valence-electron chi connectivity index (χ3n) is 3.75. The Hall–Kier alpha value is -3.48. The van der Waals surface area contributed by atoms with E-state index in [9.17, 15) is 19.7 Å². The topological polar surface area (TPSA) is 102 Å². The van der Waals surface area contributed by atoms with Crippen LogP contribution in [0.15, 0.2) is 53.3 Å². The Morgan fingerprint density at radius 3 is 2.56 bits per heavy atom. The van der Waals surface area contributed by atoms with Crippen molar-refractivity contribution in [3.8, 4) is 11.1 Å². The van der Waals surface area contributed by atoms with E-state index in [1.54, 1.807) is 37.3 Å². The summed E-state index contributed by atoms with van der Waals surface area (Å²) < 4.78 is 5.00. The van der Waals surface area contributed by atoms with Crippen LogP contribution < -0.4 is 5.56 Å². The summed E-state index contributed by atoms with van der Waals surface area (Å²) in [6.07, 6.45) is 0. The van der Waals surface area contributed by atoms with Gasteiger partial charge in [-0.25, -0.2) is 4.79 Å². The smallest absolute Gasteiger partial charge is 0.344 e. The fraction of sp³-hybridized carbons (Fsp3) is 0.111. The third kappa shape index (κ3) is 2.99. The Morgan fingerprint density at radius 1 is 1.20 bits per heavy atom. The normalized spacial score (nSPS) is 10.6.